The molecule has 1 fully saturated rings. The van der Waals surface area contributed by atoms with Gasteiger partial charge in [-0.25, -0.2) is 9.59 Å². The van der Waals surface area contributed by atoms with E-state index in [4.69, 9.17) is 5.11 Å². The van der Waals surface area contributed by atoms with Crippen molar-refractivity contribution < 1.29 is 14.7 Å². The number of carboxylic acids is 1. The highest BCUT2D eigenvalue weighted by Crippen LogP contribution is 2.29. The van der Waals surface area contributed by atoms with Crippen LogP contribution in [0.15, 0.2) is 0 Å². The molecule has 1 aliphatic rings. The minimum absolute atomic E-state index is 0.161. The fourth-order valence-corrected chi connectivity index (χ4v) is 3.76. The maximum absolute atomic E-state index is 12.0. The first-order chi connectivity index (χ1) is 9.43. The van der Waals surface area contributed by atoms with E-state index in [2.05, 4.69) is 17.6 Å². The van der Waals surface area contributed by atoms with Gasteiger partial charge in [0.1, 0.15) is 6.04 Å². The zero-order valence-corrected chi connectivity index (χ0v) is 13.3. The zero-order valence-electron chi connectivity index (χ0n) is 12.5. The van der Waals surface area contributed by atoms with Gasteiger partial charge in [-0.05, 0) is 30.9 Å². The van der Waals surface area contributed by atoms with Gasteiger partial charge in [0.25, 0.3) is 0 Å². The number of nitrogens with one attached hydrogen (secondary N) is 2. The highest BCUT2D eigenvalue weighted by molar-refractivity contribution is 7.99. The molecule has 1 rings (SSSR count). The van der Waals surface area contributed by atoms with Gasteiger partial charge in [-0.3, -0.25) is 0 Å². The van der Waals surface area contributed by atoms with E-state index in [0.717, 1.165) is 25.0 Å². The Hall–Kier alpha value is -0.910. The first-order valence-corrected chi connectivity index (χ1v) is 8.40. The summed E-state index contributed by atoms with van der Waals surface area (Å²) in [5.41, 5.74) is 0. The van der Waals surface area contributed by atoms with Crippen LogP contribution in [0.25, 0.3) is 0 Å². The standard InChI is InChI=1S/C14H26N2O3S/c1-4-20-12-7-5-6-10(12)15-14(19)16-11(13(17)18)8-9(2)3/h9-12H,4-8H2,1-3H3,(H,17,18)(H2,15,16,19)/t10?,11-,12?/m0/s1. The van der Waals surface area contributed by atoms with Crippen LogP contribution < -0.4 is 10.6 Å². The molecule has 0 aromatic heterocycles. The van der Waals surface area contributed by atoms with E-state index in [9.17, 15) is 9.59 Å². The summed E-state index contributed by atoms with van der Waals surface area (Å²) in [4.78, 5) is 23.1. The van der Waals surface area contributed by atoms with Crippen LogP contribution in [-0.2, 0) is 4.79 Å². The third-order valence-electron chi connectivity index (χ3n) is 3.46. The lowest BCUT2D eigenvalue weighted by molar-refractivity contribution is -0.139. The molecule has 3 atom stereocenters. The second-order valence-electron chi connectivity index (χ2n) is 5.67. The van der Waals surface area contributed by atoms with E-state index < -0.39 is 12.0 Å². The molecule has 0 aliphatic heterocycles. The summed E-state index contributed by atoms with van der Waals surface area (Å²) < 4.78 is 0. The molecule has 1 saturated carbocycles. The van der Waals surface area contributed by atoms with Gasteiger partial charge < -0.3 is 15.7 Å². The van der Waals surface area contributed by atoms with Crippen LogP contribution in [0, 0.1) is 5.92 Å². The Bertz CT molecular complexity index is 336. The van der Waals surface area contributed by atoms with Crippen LogP contribution in [0.3, 0.4) is 0 Å². The molecule has 0 aromatic carbocycles. The maximum Gasteiger partial charge on any atom is 0.326 e. The summed E-state index contributed by atoms with van der Waals surface area (Å²) in [5.74, 6) is 0.293. The number of hydrogen-bond acceptors (Lipinski definition) is 3. The van der Waals surface area contributed by atoms with E-state index in [1.54, 1.807) is 0 Å². The third-order valence-corrected chi connectivity index (χ3v) is 4.79. The molecule has 116 valence electrons. The summed E-state index contributed by atoms with van der Waals surface area (Å²) in [6, 6.07) is -1.01. The Morgan fingerprint density at radius 2 is 2.05 bits per heavy atom. The number of rotatable bonds is 7. The number of amides is 2. The van der Waals surface area contributed by atoms with Crippen LogP contribution in [0.4, 0.5) is 4.79 Å². The Kier molecular flexibility index (Phi) is 7.19. The van der Waals surface area contributed by atoms with Crippen molar-refractivity contribution in [2.75, 3.05) is 5.75 Å². The summed E-state index contributed by atoms with van der Waals surface area (Å²) in [7, 11) is 0. The lowest BCUT2D eigenvalue weighted by atomic mass is 10.0. The molecule has 0 bridgehead atoms. The van der Waals surface area contributed by atoms with Crippen LogP contribution in [0.2, 0.25) is 0 Å². The maximum atomic E-state index is 12.0. The van der Waals surface area contributed by atoms with Crippen molar-refractivity contribution in [3.05, 3.63) is 0 Å². The predicted molar refractivity (Wildman–Crippen MR) is 82.1 cm³/mol. The lowest BCUT2D eigenvalue weighted by Gasteiger charge is -2.22. The van der Waals surface area contributed by atoms with Crippen molar-refractivity contribution in [1.82, 2.24) is 10.6 Å². The Labute approximate surface area is 125 Å². The van der Waals surface area contributed by atoms with Crippen LogP contribution >= 0.6 is 11.8 Å². The van der Waals surface area contributed by atoms with Crippen LogP contribution in [0.1, 0.15) is 46.5 Å². The van der Waals surface area contributed by atoms with Crippen molar-refractivity contribution >= 4 is 23.8 Å². The number of carbonyl (C=O) groups is 2. The highest BCUT2D eigenvalue weighted by Gasteiger charge is 2.29. The third kappa shape index (κ3) is 5.61. The van der Waals surface area contributed by atoms with Gasteiger partial charge in [0.15, 0.2) is 0 Å². The molecule has 1 aliphatic carbocycles. The molecule has 0 saturated heterocycles. The first kappa shape index (κ1) is 17.1. The average Bonchev–Trinajstić information content (AvgIpc) is 2.75. The summed E-state index contributed by atoms with van der Waals surface area (Å²) in [5, 5.41) is 15.1. The van der Waals surface area contributed by atoms with E-state index in [1.807, 2.05) is 25.6 Å². The van der Waals surface area contributed by atoms with Gasteiger partial charge in [-0.1, -0.05) is 27.2 Å². The van der Waals surface area contributed by atoms with Crippen molar-refractivity contribution in [2.45, 2.75) is 63.8 Å². The van der Waals surface area contributed by atoms with E-state index in [0.29, 0.717) is 11.7 Å². The molecule has 5 nitrogen and oxygen atoms in total. The van der Waals surface area contributed by atoms with Crippen molar-refractivity contribution in [3.8, 4) is 0 Å². The Morgan fingerprint density at radius 1 is 1.35 bits per heavy atom. The smallest absolute Gasteiger partial charge is 0.326 e. The van der Waals surface area contributed by atoms with Crippen LogP contribution in [0.5, 0.6) is 0 Å². The number of urea groups is 1. The summed E-state index contributed by atoms with van der Waals surface area (Å²) in [6.07, 6.45) is 3.67. The van der Waals surface area contributed by atoms with Crippen LogP contribution in [-0.4, -0.2) is 40.2 Å². The quantitative estimate of drug-likeness (QED) is 0.675. The molecular formula is C14H26N2O3S. The minimum atomic E-state index is -0.972. The number of thioether (sulfide) groups is 1. The van der Waals surface area contributed by atoms with Crippen molar-refractivity contribution in [1.29, 1.82) is 0 Å². The summed E-state index contributed by atoms with van der Waals surface area (Å²) >= 11 is 1.87. The number of carbonyl (C=O) groups excluding carboxylic acids is 1. The monoisotopic (exact) mass is 302 g/mol. The fraction of sp³-hybridized carbons (Fsp3) is 0.857. The largest absolute Gasteiger partial charge is 0.480 e. The highest BCUT2D eigenvalue weighted by atomic mass is 32.2. The van der Waals surface area contributed by atoms with E-state index in [-0.39, 0.29) is 18.0 Å². The number of carboxylic acid groups (broad SMARTS) is 1. The Balaban J connectivity index is 2.46. The minimum Gasteiger partial charge on any atom is -0.480 e. The molecule has 0 spiro atoms. The SMILES string of the molecule is CCSC1CCCC1NC(=O)N[C@@H](CC(C)C)C(=O)O. The predicted octanol–water partition coefficient (Wildman–Crippen LogP) is 2.46. The van der Waals surface area contributed by atoms with Gasteiger partial charge in [0.05, 0.1) is 0 Å². The molecule has 0 heterocycles. The molecule has 0 radical (unpaired) electrons. The molecule has 2 amide bonds. The van der Waals surface area contributed by atoms with E-state index >= 15 is 0 Å². The normalized spacial score (nSPS) is 23.6. The fourth-order valence-electron chi connectivity index (χ4n) is 2.57. The van der Waals surface area contributed by atoms with Gasteiger partial charge in [0, 0.05) is 11.3 Å². The first-order valence-electron chi connectivity index (χ1n) is 7.35. The van der Waals surface area contributed by atoms with Gasteiger partial charge in [0.2, 0.25) is 0 Å². The molecule has 6 heteroatoms. The summed E-state index contributed by atoms with van der Waals surface area (Å²) in [6.45, 7) is 6.00. The molecule has 20 heavy (non-hydrogen) atoms. The second kappa shape index (κ2) is 8.39. The Morgan fingerprint density at radius 3 is 2.60 bits per heavy atom. The topological polar surface area (TPSA) is 78.4 Å². The molecule has 0 aromatic rings. The average molecular weight is 302 g/mol. The molecule has 3 N–H and O–H groups in total. The van der Waals surface area contributed by atoms with Crippen molar-refractivity contribution in [3.63, 3.8) is 0 Å². The number of aliphatic carboxylic acids is 1. The van der Waals surface area contributed by atoms with Crippen molar-refractivity contribution in [2.24, 2.45) is 5.92 Å². The number of hydrogen-bond donors (Lipinski definition) is 3. The van der Waals surface area contributed by atoms with Gasteiger partial charge >= 0.3 is 12.0 Å². The van der Waals surface area contributed by atoms with Gasteiger partial charge in [-0.15, -0.1) is 0 Å². The van der Waals surface area contributed by atoms with Gasteiger partial charge in [-0.2, -0.15) is 11.8 Å². The lowest BCUT2D eigenvalue weighted by Crippen LogP contribution is -2.50. The zero-order chi connectivity index (χ0) is 15.1. The molecule has 2 unspecified atom stereocenters. The molecular weight excluding hydrogens is 276 g/mol. The van der Waals surface area contributed by atoms with E-state index in [1.165, 1.54) is 0 Å². The second-order valence-corrected chi connectivity index (χ2v) is 7.19.